The standard InChI is InChI=1S/C14H22N2O4/c1-5-12(17)15-7-13(18)16-8-14(4,19)11-6-9(2)20-10(11)3/h6,19H,5,7-8H2,1-4H3,(H,15,17)(H,16,18). The summed E-state index contributed by atoms with van der Waals surface area (Å²) in [5, 5.41) is 15.5. The predicted octanol–water partition coefficient (Wildman–Crippen LogP) is 0.746. The van der Waals surface area contributed by atoms with Crippen LogP contribution in [0.15, 0.2) is 10.5 Å². The number of amides is 2. The van der Waals surface area contributed by atoms with Gasteiger partial charge in [-0.3, -0.25) is 9.59 Å². The van der Waals surface area contributed by atoms with Crippen LogP contribution in [0.2, 0.25) is 0 Å². The Morgan fingerprint density at radius 2 is 1.95 bits per heavy atom. The fourth-order valence-corrected chi connectivity index (χ4v) is 1.90. The summed E-state index contributed by atoms with van der Waals surface area (Å²) in [4.78, 5) is 22.6. The van der Waals surface area contributed by atoms with E-state index in [1.807, 2.05) is 0 Å². The van der Waals surface area contributed by atoms with Crippen LogP contribution in [0.1, 0.15) is 37.4 Å². The van der Waals surface area contributed by atoms with Crippen LogP contribution in [0.25, 0.3) is 0 Å². The molecule has 112 valence electrons. The van der Waals surface area contributed by atoms with E-state index in [1.54, 1.807) is 33.8 Å². The van der Waals surface area contributed by atoms with Crippen LogP contribution in [0.3, 0.4) is 0 Å². The van der Waals surface area contributed by atoms with Crippen LogP contribution in [0.4, 0.5) is 0 Å². The second-order valence-electron chi connectivity index (χ2n) is 5.01. The van der Waals surface area contributed by atoms with E-state index in [9.17, 15) is 14.7 Å². The molecular formula is C14H22N2O4. The summed E-state index contributed by atoms with van der Waals surface area (Å²) in [5.74, 6) is 0.804. The van der Waals surface area contributed by atoms with Crippen molar-refractivity contribution < 1.29 is 19.1 Å². The van der Waals surface area contributed by atoms with Gasteiger partial charge in [-0.05, 0) is 26.8 Å². The van der Waals surface area contributed by atoms with Crippen molar-refractivity contribution in [2.45, 2.75) is 39.7 Å². The van der Waals surface area contributed by atoms with Gasteiger partial charge in [-0.25, -0.2) is 0 Å². The Morgan fingerprint density at radius 3 is 2.45 bits per heavy atom. The highest BCUT2D eigenvalue weighted by Gasteiger charge is 2.28. The predicted molar refractivity (Wildman–Crippen MR) is 74.1 cm³/mol. The first kappa shape index (κ1) is 16.2. The van der Waals surface area contributed by atoms with E-state index in [-0.39, 0.29) is 24.9 Å². The third-order valence-electron chi connectivity index (χ3n) is 3.02. The first-order chi connectivity index (χ1) is 9.26. The van der Waals surface area contributed by atoms with Crippen LogP contribution < -0.4 is 10.6 Å². The van der Waals surface area contributed by atoms with Crippen LogP contribution in [-0.4, -0.2) is 30.0 Å². The molecule has 20 heavy (non-hydrogen) atoms. The van der Waals surface area contributed by atoms with Gasteiger partial charge in [-0.1, -0.05) is 6.92 Å². The van der Waals surface area contributed by atoms with E-state index in [2.05, 4.69) is 10.6 Å². The molecule has 0 bridgehead atoms. The van der Waals surface area contributed by atoms with E-state index in [1.165, 1.54) is 0 Å². The highest BCUT2D eigenvalue weighted by molar-refractivity contribution is 5.84. The Balaban J connectivity index is 2.53. The number of aryl methyl sites for hydroxylation is 2. The maximum absolute atomic E-state index is 11.6. The van der Waals surface area contributed by atoms with Gasteiger partial charge in [0.05, 0.1) is 13.1 Å². The van der Waals surface area contributed by atoms with Crippen LogP contribution in [0.5, 0.6) is 0 Å². The molecule has 1 rings (SSSR count). The zero-order chi connectivity index (χ0) is 15.3. The molecule has 0 aliphatic heterocycles. The Bertz CT molecular complexity index is 491. The second-order valence-corrected chi connectivity index (χ2v) is 5.01. The minimum Gasteiger partial charge on any atom is -0.466 e. The molecule has 0 saturated carbocycles. The van der Waals surface area contributed by atoms with E-state index in [0.29, 0.717) is 23.5 Å². The molecule has 1 aromatic heterocycles. The molecule has 0 spiro atoms. The minimum atomic E-state index is -1.22. The summed E-state index contributed by atoms with van der Waals surface area (Å²) in [6, 6.07) is 1.75. The normalized spacial score (nSPS) is 13.7. The van der Waals surface area contributed by atoms with Gasteiger partial charge >= 0.3 is 0 Å². The highest BCUT2D eigenvalue weighted by Crippen LogP contribution is 2.26. The molecule has 1 unspecified atom stereocenters. The van der Waals surface area contributed by atoms with E-state index in [0.717, 1.165) is 0 Å². The molecule has 6 heteroatoms. The summed E-state index contributed by atoms with van der Waals surface area (Å²) >= 11 is 0. The Kier molecular flexibility index (Phi) is 5.33. The number of carbonyl (C=O) groups is 2. The van der Waals surface area contributed by atoms with Crippen molar-refractivity contribution in [1.29, 1.82) is 0 Å². The molecule has 0 aliphatic rings. The second kappa shape index (κ2) is 6.56. The lowest BCUT2D eigenvalue weighted by atomic mass is 9.96. The Hall–Kier alpha value is -1.82. The van der Waals surface area contributed by atoms with Crippen LogP contribution >= 0.6 is 0 Å². The zero-order valence-corrected chi connectivity index (χ0v) is 12.4. The molecule has 1 heterocycles. The van der Waals surface area contributed by atoms with Gasteiger partial charge in [0.1, 0.15) is 17.1 Å². The van der Waals surface area contributed by atoms with Crippen molar-refractivity contribution in [1.82, 2.24) is 10.6 Å². The van der Waals surface area contributed by atoms with E-state index >= 15 is 0 Å². The summed E-state index contributed by atoms with van der Waals surface area (Å²) in [6.07, 6.45) is 0.332. The number of hydrogen-bond donors (Lipinski definition) is 3. The summed E-state index contributed by atoms with van der Waals surface area (Å²) in [5.41, 5.74) is -0.570. The summed E-state index contributed by atoms with van der Waals surface area (Å²) in [6.45, 7) is 6.84. The first-order valence-electron chi connectivity index (χ1n) is 6.59. The third-order valence-corrected chi connectivity index (χ3v) is 3.02. The third kappa shape index (κ3) is 4.38. The Morgan fingerprint density at radius 1 is 1.30 bits per heavy atom. The molecule has 0 fully saturated rings. The van der Waals surface area contributed by atoms with Gasteiger partial charge in [0.25, 0.3) is 0 Å². The monoisotopic (exact) mass is 282 g/mol. The number of rotatable bonds is 6. The fourth-order valence-electron chi connectivity index (χ4n) is 1.90. The van der Waals surface area contributed by atoms with Gasteiger partial charge in [-0.2, -0.15) is 0 Å². The lowest BCUT2D eigenvalue weighted by Crippen LogP contribution is -2.43. The maximum Gasteiger partial charge on any atom is 0.239 e. The molecular weight excluding hydrogens is 260 g/mol. The largest absolute Gasteiger partial charge is 0.466 e. The maximum atomic E-state index is 11.6. The number of carbonyl (C=O) groups excluding carboxylic acids is 2. The van der Waals surface area contributed by atoms with Crippen molar-refractivity contribution in [3.05, 3.63) is 23.2 Å². The smallest absolute Gasteiger partial charge is 0.239 e. The summed E-state index contributed by atoms with van der Waals surface area (Å²) in [7, 11) is 0. The lowest BCUT2D eigenvalue weighted by Gasteiger charge is -2.23. The van der Waals surface area contributed by atoms with Gasteiger partial charge in [0.15, 0.2) is 0 Å². The molecule has 1 atom stereocenters. The molecule has 1 aromatic rings. The zero-order valence-electron chi connectivity index (χ0n) is 12.4. The van der Waals surface area contributed by atoms with Gasteiger partial charge < -0.3 is 20.2 Å². The number of furan rings is 1. The number of nitrogens with one attached hydrogen (secondary N) is 2. The molecule has 0 aliphatic carbocycles. The summed E-state index contributed by atoms with van der Waals surface area (Å²) < 4.78 is 5.37. The molecule has 6 nitrogen and oxygen atoms in total. The molecule has 0 saturated heterocycles. The first-order valence-corrected chi connectivity index (χ1v) is 6.59. The van der Waals surface area contributed by atoms with Crippen molar-refractivity contribution in [3.63, 3.8) is 0 Å². The average Bonchev–Trinajstić information content (AvgIpc) is 2.73. The van der Waals surface area contributed by atoms with Crippen molar-refractivity contribution in [3.8, 4) is 0 Å². The molecule has 0 radical (unpaired) electrons. The Labute approximate surface area is 118 Å². The topological polar surface area (TPSA) is 91.6 Å². The van der Waals surface area contributed by atoms with Gasteiger partial charge in [-0.15, -0.1) is 0 Å². The van der Waals surface area contributed by atoms with Crippen LogP contribution in [-0.2, 0) is 15.2 Å². The number of hydrogen-bond acceptors (Lipinski definition) is 4. The molecule has 0 aromatic carbocycles. The molecule has 2 amide bonds. The average molecular weight is 282 g/mol. The van der Waals surface area contributed by atoms with E-state index < -0.39 is 5.60 Å². The number of aliphatic hydroxyl groups is 1. The molecule has 3 N–H and O–H groups in total. The SMILES string of the molecule is CCC(=O)NCC(=O)NCC(C)(O)c1cc(C)oc1C. The minimum absolute atomic E-state index is 0.0492. The van der Waals surface area contributed by atoms with Crippen molar-refractivity contribution >= 4 is 11.8 Å². The van der Waals surface area contributed by atoms with Crippen LogP contribution in [0, 0.1) is 13.8 Å². The van der Waals surface area contributed by atoms with Gasteiger partial charge in [0.2, 0.25) is 11.8 Å². The van der Waals surface area contributed by atoms with Crippen molar-refractivity contribution in [2.75, 3.05) is 13.1 Å². The van der Waals surface area contributed by atoms with E-state index in [4.69, 9.17) is 4.42 Å². The van der Waals surface area contributed by atoms with Crippen molar-refractivity contribution in [2.24, 2.45) is 0 Å². The quantitative estimate of drug-likeness (QED) is 0.718. The fraction of sp³-hybridized carbons (Fsp3) is 0.571. The highest BCUT2D eigenvalue weighted by atomic mass is 16.3. The van der Waals surface area contributed by atoms with Gasteiger partial charge in [0, 0.05) is 12.0 Å². The lowest BCUT2D eigenvalue weighted by molar-refractivity contribution is -0.126.